The Bertz CT molecular complexity index is 628. The molecule has 0 fully saturated rings. The molecular formula is C15H14ClFN2. The first kappa shape index (κ1) is 12.3. The van der Waals surface area contributed by atoms with Gasteiger partial charge in [-0.15, -0.1) is 0 Å². The molecule has 98 valence electrons. The molecule has 0 spiro atoms. The molecule has 1 unspecified atom stereocenters. The van der Waals surface area contributed by atoms with Gasteiger partial charge in [0.1, 0.15) is 5.82 Å². The standard InChI is InChI=1S/C15H14ClFN2/c16-13-8-11(3-5-14(13)17)19-15-6-1-9-7-10(18)2-4-12(9)15/h2-5,7-8,15,19H,1,6,18H2. The summed E-state index contributed by atoms with van der Waals surface area (Å²) in [6, 6.07) is 10.9. The van der Waals surface area contributed by atoms with Gasteiger partial charge in [-0.25, -0.2) is 4.39 Å². The molecule has 0 radical (unpaired) electrons. The molecule has 0 saturated carbocycles. The molecule has 1 aliphatic rings. The van der Waals surface area contributed by atoms with E-state index in [0.717, 1.165) is 24.2 Å². The highest BCUT2D eigenvalue weighted by molar-refractivity contribution is 6.31. The number of hydrogen-bond donors (Lipinski definition) is 2. The maximum Gasteiger partial charge on any atom is 0.141 e. The second-order valence-electron chi connectivity index (χ2n) is 4.82. The second-order valence-corrected chi connectivity index (χ2v) is 5.23. The number of nitrogens with one attached hydrogen (secondary N) is 1. The fraction of sp³-hybridized carbons (Fsp3) is 0.200. The lowest BCUT2D eigenvalue weighted by Gasteiger charge is -2.16. The van der Waals surface area contributed by atoms with Crippen molar-refractivity contribution < 1.29 is 4.39 Å². The van der Waals surface area contributed by atoms with Crippen LogP contribution in [0, 0.1) is 5.82 Å². The number of anilines is 2. The van der Waals surface area contributed by atoms with E-state index in [2.05, 4.69) is 11.4 Å². The molecule has 1 atom stereocenters. The summed E-state index contributed by atoms with van der Waals surface area (Å²) in [7, 11) is 0. The first-order valence-electron chi connectivity index (χ1n) is 6.23. The third-order valence-corrected chi connectivity index (χ3v) is 3.79. The molecule has 1 aliphatic carbocycles. The molecule has 2 aromatic carbocycles. The average molecular weight is 277 g/mol. The molecule has 0 amide bonds. The second kappa shape index (κ2) is 4.74. The Morgan fingerprint density at radius 3 is 2.84 bits per heavy atom. The predicted molar refractivity (Wildman–Crippen MR) is 76.9 cm³/mol. The van der Waals surface area contributed by atoms with Crippen LogP contribution in [0.1, 0.15) is 23.6 Å². The number of nitrogens with two attached hydrogens (primary N) is 1. The van der Waals surface area contributed by atoms with Gasteiger partial charge in [0.05, 0.1) is 11.1 Å². The number of nitrogen functional groups attached to an aromatic ring is 1. The fourth-order valence-electron chi connectivity index (χ4n) is 2.57. The zero-order chi connectivity index (χ0) is 13.4. The van der Waals surface area contributed by atoms with Crippen LogP contribution in [-0.2, 0) is 6.42 Å². The third-order valence-electron chi connectivity index (χ3n) is 3.51. The molecule has 0 aliphatic heterocycles. The van der Waals surface area contributed by atoms with Crippen LogP contribution in [0.5, 0.6) is 0 Å². The van der Waals surface area contributed by atoms with Crippen LogP contribution in [-0.4, -0.2) is 0 Å². The molecule has 0 saturated heterocycles. The molecule has 19 heavy (non-hydrogen) atoms. The van der Waals surface area contributed by atoms with Gasteiger partial charge in [-0.05, 0) is 54.3 Å². The van der Waals surface area contributed by atoms with Crippen molar-refractivity contribution in [1.82, 2.24) is 0 Å². The number of fused-ring (bicyclic) bond motifs is 1. The minimum Gasteiger partial charge on any atom is -0.399 e. The molecule has 2 aromatic rings. The van der Waals surface area contributed by atoms with E-state index in [1.54, 1.807) is 12.1 Å². The van der Waals surface area contributed by atoms with Gasteiger partial charge in [0, 0.05) is 11.4 Å². The third kappa shape index (κ3) is 2.38. The lowest BCUT2D eigenvalue weighted by molar-refractivity contribution is 0.628. The summed E-state index contributed by atoms with van der Waals surface area (Å²) in [6.07, 6.45) is 2.01. The van der Waals surface area contributed by atoms with Gasteiger partial charge >= 0.3 is 0 Å². The molecule has 3 rings (SSSR count). The normalized spacial score (nSPS) is 17.3. The Balaban J connectivity index is 1.84. The Hall–Kier alpha value is -1.74. The quantitative estimate of drug-likeness (QED) is 0.808. The highest BCUT2D eigenvalue weighted by Crippen LogP contribution is 2.35. The SMILES string of the molecule is Nc1ccc2c(c1)CCC2Nc1ccc(F)c(Cl)c1. The van der Waals surface area contributed by atoms with Crippen molar-refractivity contribution in [2.75, 3.05) is 11.1 Å². The number of benzene rings is 2. The lowest BCUT2D eigenvalue weighted by atomic mass is 10.1. The van der Waals surface area contributed by atoms with Gasteiger partial charge < -0.3 is 11.1 Å². The molecule has 4 heteroatoms. The van der Waals surface area contributed by atoms with Crippen LogP contribution in [0.3, 0.4) is 0 Å². The molecule has 0 aromatic heterocycles. The minimum atomic E-state index is -0.396. The first-order valence-corrected chi connectivity index (χ1v) is 6.61. The summed E-state index contributed by atoms with van der Waals surface area (Å²) < 4.78 is 13.1. The molecular weight excluding hydrogens is 263 g/mol. The van der Waals surface area contributed by atoms with E-state index in [1.165, 1.54) is 17.2 Å². The number of halogens is 2. The van der Waals surface area contributed by atoms with Crippen molar-refractivity contribution in [1.29, 1.82) is 0 Å². The van der Waals surface area contributed by atoms with Gasteiger partial charge in [-0.1, -0.05) is 17.7 Å². The van der Waals surface area contributed by atoms with Crippen molar-refractivity contribution in [3.63, 3.8) is 0 Å². The maximum atomic E-state index is 13.1. The van der Waals surface area contributed by atoms with Crippen LogP contribution in [0.2, 0.25) is 5.02 Å². The number of aryl methyl sites for hydroxylation is 1. The summed E-state index contributed by atoms with van der Waals surface area (Å²) in [5.74, 6) is -0.396. The van der Waals surface area contributed by atoms with Gasteiger partial charge in [-0.3, -0.25) is 0 Å². The zero-order valence-corrected chi connectivity index (χ0v) is 11.0. The van der Waals surface area contributed by atoms with E-state index < -0.39 is 5.82 Å². The monoisotopic (exact) mass is 276 g/mol. The highest BCUT2D eigenvalue weighted by Gasteiger charge is 2.22. The van der Waals surface area contributed by atoms with Crippen molar-refractivity contribution in [2.24, 2.45) is 0 Å². The van der Waals surface area contributed by atoms with Crippen LogP contribution in [0.25, 0.3) is 0 Å². The highest BCUT2D eigenvalue weighted by atomic mass is 35.5. The van der Waals surface area contributed by atoms with Gasteiger partial charge in [0.15, 0.2) is 0 Å². The minimum absolute atomic E-state index is 0.139. The summed E-state index contributed by atoms with van der Waals surface area (Å²) >= 11 is 5.79. The van der Waals surface area contributed by atoms with Crippen molar-refractivity contribution in [3.8, 4) is 0 Å². The Morgan fingerprint density at radius 1 is 1.21 bits per heavy atom. The zero-order valence-electron chi connectivity index (χ0n) is 10.3. The van der Waals surface area contributed by atoms with Gasteiger partial charge in [0.25, 0.3) is 0 Å². The Labute approximate surface area is 116 Å². The van der Waals surface area contributed by atoms with E-state index in [9.17, 15) is 4.39 Å². The van der Waals surface area contributed by atoms with E-state index in [4.69, 9.17) is 17.3 Å². The molecule has 0 heterocycles. The summed E-state index contributed by atoms with van der Waals surface area (Å²) in [6.45, 7) is 0. The lowest BCUT2D eigenvalue weighted by Crippen LogP contribution is -2.07. The summed E-state index contributed by atoms with van der Waals surface area (Å²) in [4.78, 5) is 0. The number of hydrogen-bond acceptors (Lipinski definition) is 2. The van der Waals surface area contributed by atoms with E-state index >= 15 is 0 Å². The Morgan fingerprint density at radius 2 is 2.05 bits per heavy atom. The van der Waals surface area contributed by atoms with Crippen LogP contribution < -0.4 is 11.1 Å². The van der Waals surface area contributed by atoms with Crippen molar-refractivity contribution in [3.05, 3.63) is 58.4 Å². The summed E-state index contributed by atoms with van der Waals surface area (Å²) in [5, 5.41) is 3.53. The largest absolute Gasteiger partial charge is 0.399 e. The fourth-order valence-corrected chi connectivity index (χ4v) is 2.76. The van der Waals surface area contributed by atoms with Crippen molar-refractivity contribution in [2.45, 2.75) is 18.9 Å². The van der Waals surface area contributed by atoms with Gasteiger partial charge in [-0.2, -0.15) is 0 Å². The summed E-state index contributed by atoms with van der Waals surface area (Å²) in [5.41, 5.74) is 9.96. The molecule has 0 bridgehead atoms. The first-order chi connectivity index (χ1) is 9.13. The van der Waals surface area contributed by atoms with Crippen LogP contribution >= 0.6 is 11.6 Å². The molecule has 2 nitrogen and oxygen atoms in total. The maximum absolute atomic E-state index is 13.1. The van der Waals surface area contributed by atoms with E-state index in [1.807, 2.05) is 12.1 Å². The smallest absolute Gasteiger partial charge is 0.141 e. The van der Waals surface area contributed by atoms with Gasteiger partial charge in [0.2, 0.25) is 0 Å². The van der Waals surface area contributed by atoms with E-state index in [0.29, 0.717) is 0 Å². The molecule has 3 N–H and O–H groups in total. The Kier molecular flexibility index (Phi) is 3.07. The topological polar surface area (TPSA) is 38.0 Å². The van der Waals surface area contributed by atoms with Crippen LogP contribution in [0.15, 0.2) is 36.4 Å². The average Bonchev–Trinajstić information content (AvgIpc) is 2.76. The van der Waals surface area contributed by atoms with Crippen molar-refractivity contribution >= 4 is 23.0 Å². The predicted octanol–water partition coefficient (Wildman–Crippen LogP) is 4.16. The van der Waals surface area contributed by atoms with E-state index in [-0.39, 0.29) is 11.1 Å². The number of rotatable bonds is 2. The van der Waals surface area contributed by atoms with Crippen LogP contribution in [0.4, 0.5) is 15.8 Å².